The Morgan fingerprint density at radius 2 is 1.64 bits per heavy atom. The number of hydrogen-bond donors (Lipinski definition) is 0. The van der Waals surface area contributed by atoms with Crippen molar-refractivity contribution in [3.63, 3.8) is 0 Å². The molecule has 1 aromatic heterocycles. The molecule has 8 heteroatoms. The zero-order valence-electron chi connectivity index (χ0n) is 14.6. The Kier molecular flexibility index (Phi) is 10.6. The Morgan fingerprint density at radius 3 is 2.08 bits per heavy atom. The van der Waals surface area contributed by atoms with Crippen LogP contribution in [0.1, 0.15) is 25.2 Å². The van der Waals surface area contributed by atoms with Gasteiger partial charge in [0.05, 0.1) is 6.54 Å². The van der Waals surface area contributed by atoms with Crippen LogP contribution in [0.3, 0.4) is 0 Å². The monoisotopic (exact) mass is 357 g/mol. The Bertz CT molecular complexity index is 590. The first-order valence-electron chi connectivity index (χ1n) is 7.54. The van der Waals surface area contributed by atoms with Crippen LogP contribution >= 0.6 is 0 Å². The van der Waals surface area contributed by atoms with E-state index in [0.29, 0.717) is 12.4 Å². The number of rotatable bonds is 4. The van der Waals surface area contributed by atoms with Gasteiger partial charge in [-0.25, -0.2) is 9.97 Å². The first kappa shape index (κ1) is 22.4. The van der Waals surface area contributed by atoms with Crippen molar-refractivity contribution in [2.75, 3.05) is 7.05 Å². The fourth-order valence-electron chi connectivity index (χ4n) is 1.41. The van der Waals surface area contributed by atoms with Crippen LogP contribution in [0.5, 0.6) is 5.75 Å². The SMILES string of the molecule is CC.CN(C=O)Cc1ncccn1.Cc1ccc(OC(F)(F)F)cc1. The van der Waals surface area contributed by atoms with Gasteiger partial charge in [-0.3, -0.25) is 4.79 Å². The number of halogens is 3. The third-order valence-electron chi connectivity index (χ3n) is 2.44. The molecule has 1 aromatic carbocycles. The summed E-state index contributed by atoms with van der Waals surface area (Å²) < 4.78 is 38.5. The molecule has 0 spiro atoms. The molecule has 0 fully saturated rings. The number of alkyl halides is 3. The lowest BCUT2D eigenvalue weighted by Crippen LogP contribution is -2.16. The fourth-order valence-corrected chi connectivity index (χ4v) is 1.41. The molecule has 0 bridgehead atoms. The number of ether oxygens (including phenoxy) is 1. The van der Waals surface area contributed by atoms with E-state index in [1.54, 1.807) is 44.6 Å². The second-order valence-electron chi connectivity index (χ2n) is 4.55. The number of carbonyl (C=O) groups is 1. The van der Waals surface area contributed by atoms with Gasteiger partial charge in [0.25, 0.3) is 0 Å². The van der Waals surface area contributed by atoms with E-state index in [1.807, 2.05) is 13.8 Å². The molecule has 0 aliphatic heterocycles. The molecule has 0 saturated heterocycles. The summed E-state index contributed by atoms with van der Waals surface area (Å²) >= 11 is 0. The minimum atomic E-state index is -4.60. The fraction of sp³-hybridized carbons (Fsp3) is 0.353. The Hall–Kier alpha value is -2.64. The summed E-state index contributed by atoms with van der Waals surface area (Å²) in [6.45, 7) is 6.25. The third-order valence-corrected chi connectivity index (χ3v) is 2.44. The van der Waals surface area contributed by atoms with E-state index < -0.39 is 6.36 Å². The quantitative estimate of drug-likeness (QED) is 0.777. The van der Waals surface area contributed by atoms with Gasteiger partial charge in [0.1, 0.15) is 11.6 Å². The Labute approximate surface area is 145 Å². The largest absolute Gasteiger partial charge is 0.573 e. The molecule has 1 heterocycles. The maximum absolute atomic E-state index is 11.6. The van der Waals surface area contributed by atoms with E-state index >= 15 is 0 Å². The van der Waals surface area contributed by atoms with E-state index in [0.717, 1.165) is 12.0 Å². The molecular formula is C17H22F3N3O2. The number of amides is 1. The predicted octanol–water partition coefficient (Wildman–Crippen LogP) is 3.98. The highest BCUT2D eigenvalue weighted by Gasteiger charge is 2.30. The van der Waals surface area contributed by atoms with Crippen LogP contribution in [0.15, 0.2) is 42.7 Å². The molecule has 2 aromatic rings. The highest BCUT2D eigenvalue weighted by Crippen LogP contribution is 2.22. The average Bonchev–Trinajstić information content (AvgIpc) is 2.59. The van der Waals surface area contributed by atoms with Crippen molar-refractivity contribution in [3.05, 3.63) is 54.1 Å². The van der Waals surface area contributed by atoms with Crippen molar-refractivity contribution < 1.29 is 22.7 Å². The summed E-state index contributed by atoms with van der Waals surface area (Å²) in [5.74, 6) is 0.468. The summed E-state index contributed by atoms with van der Waals surface area (Å²) in [7, 11) is 1.68. The highest BCUT2D eigenvalue weighted by molar-refractivity contribution is 5.46. The van der Waals surface area contributed by atoms with E-state index in [9.17, 15) is 18.0 Å². The van der Waals surface area contributed by atoms with Crippen molar-refractivity contribution >= 4 is 6.41 Å². The average molecular weight is 357 g/mol. The van der Waals surface area contributed by atoms with Crippen LogP contribution in [0.4, 0.5) is 13.2 Å². The molecule has 0 radical (unpaired) electrons. The van der Waals surface area contributed by atoms with E-state index in [1.165, 1.54) is 17.0 Å². The molecule has 0 atom stereocenters. The van der Waals surface area contributed by atoms with Gasteiger partial charge in [-0.05, 0) is 25.1 Å². The molecule has 5 nitrogen and oxygen atoms in total. The standard InChI is InChI=1S/C8H7F3O.C7H9N3O.C2H6/c1-6-2-4-7(5-3-6)12-8(9,10)11;1-10(6-11)5-7-8-3-2-4-9-7;1-2/h2-5H,1H3;2-4,6H,5H2,1H3;1-2H3. The molecule has 138 valence electrons. The third kappa shape index (κ3) is 11.5. The van der Waals surface area contributed by atoms with Crippen LogP contribution in [0.2, 0.25) is 0 Å². The summed E-state index contributed by atoms with van der Waals surface area (Å²) in [6.07, 6.45) is -0.548. The molecular weight excluding hydrogens is 335 g/mol. The maximum atomic E-state index is 11.6. The Balaban J connectivity index is 0.000000421. The lowest BCUT2D eigenvalue weighted by atomic mass is 10.2. The van der Waals surface area contributed by atoms with Gasteiger partial charge in [0.2, 0.25) is 6.41 Å². The van der Waals surface area contributed by atoms with Gasteiger partial charge in [-0.1, -0.05) is 31.5 Å². The first-order valence-corrected chi connectivity index (χ1v) is 7.54. The van der Waals surface area contributed by atoms with Crippen molar-refractivity contribution in [1.82, 2.24) is 14.9 Å². The van der Waals surface area contributed by atoms with Gasteiger partial charge in [-0.2, -0.15) is 0 Å². The minimum absolute atomic E-state index is 0.187. The van der Waals surface area contributed by atoms with Gasteiger partial charge in [0, 0.05) is 19.4 Å². The van der Waals surface area contributed by atoms with Crippen LogP contribution in [0.25, 0.3) is 0 Å². The number of benzene rings is 1. The Morgan fingerprint density at radius 1 is 1.12 bits per heavy atom. The van der Waals surface area contributed by atoms with Gasteiger partial charge < -0.3 is 9.64 Å². The van der Waals surface area contributed by atoms with Crippen LogP contribution in [-0.4, -0.2) is 34.7 Å². The summed E-state index contributed by atoms with van der Waals surface area (Å²) in [5.41, 5.74) is 0.893. The molecule has 2 rings (SSSR count). The summed E-state index contributed by atoms with van der Waals surface area (Å²) in [6, 6.07) is 7.41. The molecule has 0 saturated carbocycles. The summed E-state index contributed by atoms with van der Waals surface area (Å²) in [5, 5.41) is 0. The normalized spacial score (nSPS) is 9.72. The van der Waals surface area contributed by atoms with Crippen molar-refractivity contribution in [3.8, 4) is 5.75 Å². The molecule has 0 aliphatic rings. The van der Waals surface area contributed by atoms with E-state index in [4.69, 9.17) is 0 Å². The van der Waals surface area contributed by atoms with Crippen LogP contribution in [0, 0.1) is 6.92 Å². The second-order valence-corrected chi connectivity index (χ2v) is 4.55. The number of carbonyl (C=O) groups excluding carboxylic acids is 1. The number of aryl methyl sites for hydroxylation is 1. The molecule has 1 amide bonds. The smallest absolute Gasteiger partial charge is 0.406 e. The first-order chi connectivity index (χ1) is 11.8. The lowest BCUT2D eigenvalue weighted by Gasteiger charge is -2.08. The number of hydrogen-bond acceptors (Lipinski definition) is 4. The van der Waals surface area contributed by atoms with Gasteiger partial charge in [0.15, 0.2) is 0 Å². The van der Waals surface area contributed by atoms with Crippen molar-refractivity contribution in [1.29, 1.82) is 0 Å². The minimum Gasteiger partial charge on any atom is -0.406 e. The zero-order chi connectivity index (χ0) is 19.3. The van der Waals surface area contributed by atoms with Gasteiger partial charge in [-0.15, -0.1) is 13.2 Å². The van der Waals surface area contributed by atoms with Gasteiger partial charge >= 0.3 is 6.36 Å². The van der Waals surface area contributed by atoms with E-state index in [-0.39, 0.29) is 5.75 Å². The van der Waals surface area contributed by atoms with Crippen molar-refractivity contribution in [2.24, 2.45) is 0 Å². The van der Waals surface area contributed by atoms with Crippen molar-refractivity contribution in [2.45, 2.75) is 33.7 Å². The molecule has 25 heavy (non-hydrogen) atoms. The predicted molar refractivity (Wildman–Crippen MR) is 88.8 cm³/mol. The number of aromatic nitrogens is 2. The number of nitrogens with zero attached hydrogens (tertiary/aromatic N) is 3. The topological polar surface area (TPSA) is 55.3 Å². The lowest BCUT2D eigenvalue weighted by molar-refractivity contribution is -0.274. The van der Waals surface area contributed by atoms with Crippen LogP contribution in [-0.2, 0) is 11.3 Å². The second kappa shape index (κ2) is 11.8. The molecule has 0 unspecified atom stereocenters. The summed E-state index contributed by atoms with van der Waals surface area (Å²) in [4.78, 5) is 19.6. The molecule has 0 N–H and O–H groups in total. The molecule has 0 aliphatic carbocycles. The maximum Gasteiger partial charge on any atom is 0.573 e. The zero-order valence-corrected chi connectivity index (χ0v) is 14.6. The van der Waals surface area contributed by atoms with E-state index in [2.05, 4.69) is 14.7 Å². The van der Waals surface area contributed by atoms with Crippen LogP contribution < -0.4 is 4.74 Å². The highest BCUT2D eigenvalue weighted by atomic mass is 19.4.